The Morgan fingerprint density at radius 3 is 2.84 bits per heavy atom. The molecule has 0 amide bonds. The van der Waals surface area contributed by atoms with Crippen LogP contribution in [0.1, 0.15) is 23.8 Å². The number of aliphatic hydroxyl groups excluding tert-OH is 1. The van der Waals surface area contributed by atoms with Crippen molar-refractivity contribution in [3.8, 4) is 0 Å². The van der Waals surface area contributed by atoms with Gasteiger partial charge < -0.3 is 15.2 Å². The predicted molar refractivity (Wildman–Crippen MR) is 67.0 cm³/mol. The second kappa shape index (κ2) is 6.64. The third-order valence-corrected chi connectivity index (χ3v) is 2.41. The van der Waals surface area contributed by atoms with E-state index in [2.05, 4.69) is 15.0 Å². The number of carbonyl (C=O) groups excluding carboxylic acids is 1. The first kappa shape index (κ1) is 14.8. The first-order valence-electron chi connectivity index (χ1n) is 5.60. The van der Waals surface area contributed by atoms with Crippen molar-refractivity contribution >= 4 is 17.5 Å². The number of nitro groups is 1. The molecule has 0 fully saturated rings. The van der Waals surface area contributed by atoms with Gasteiger partial charge >= 0.3 is 11.7 Å². The van der Waals surface area contributed by atoms with E-state index in [0.29, 0.717) is 6.42 Å². The van der Waals surface area contributed by atoms with E-state index < -0.39 is 10.9 Å². The maximum atomic E-state index is 11.3. The molecule has 1 unspecified atom stereocenters. The molecule has 19 heavy (non-hydrogen) atoms. The topological polar surface area (TPSA) is 115 Å². The number of aromatic nitrogens is 1. The van der Waals surface area contributed by atoms with Crippen molar-refractivity contribution in [3.05, 3.63) is 27.9 Å². The summed E-state index contributed by atoms with van der Waals surface area (Å²) in [5, 5.41) is 22.5. The van der Waals surface area contributed by atoms with Gasteiger partial charge in [-0.05, 0) is 19.4 Å². The van der Waals surface area contributed by atoms with Crippen LogP contribution >= 0.6 is 0 Å². The maximum absolute atomic E-state index is 11.3. The van der Waals surface area contributed by atoms with Crippen LogP contribution in [0.15, 0.2) is 12.1 Å². The van der Waals surface area contributed by atoms with Gasteiger partial charge in [-0.25, -0.2) is 9.78 Å². The van der Waals surface area contributed by atoms with Crippen molar-refractivity contribution in [1.82, 2.24) is 4.98 Å². The highest BCUT2D eigenvalue weighted by atomic mass is 16.6. The minimum absolute atomic E-state index is 0.0196. The molecule has 0 saturated carbocycles. The number of hydrogen-bond donors (Lipinski definition) is 2. The van der Waals surface area contributed by atoms with Gasteiger partial charge in [0.25, 0.3) is 0 Å². The van der Waals surface area contributed by atoms with Crippen LogP contribution in [0.5, 0.6) is 0 Å². The monoisotopic (exact) mass is 269 g/mol. The van der Waals surface area contributed by atoms with Gasteiger partial charge in [-0.15, -0.1) is 0 Å². The zero-order valence-corrected chi connectivity index (χ0v) is 10.6. The molecule has 0 aliphatic heterocycles. The molecule has 0 aliphatic rings. The number of anilines is 1. The van der Waals surface area contributed by atoms with Crippen LogP contribution in [0.2, 0.25) is 0 Å². The fourth-order valence-electron chi connectivity index (χ4n) is 1.42. The number of pyridine rings is 1. The van der Waals surface area contributed by atoms with Gasteiger partial charge in [-0.1, -0.05) is 0 Å². The quantitative estimate of drug-likeness (QED) is 0.449. The molecule has 8 nitrogen and oxygen atoms in total. The van der Waals surface area contributed by atoms with Gasteiger partial charge in [0, 0.05) is 18.7 Å². The number of nitrogens with one attached hydrogen (secondary N) is 1. The van der Waals surface area contributed by atoms with E-state index >= 15 is 0 Å². The molecule has 0 spiro atoms. The van der Waals surface area contributed by atoms with Gasteiger partial charge in [-0.3, -0.25) is 10.1 Å². The maximum Gasteiger partial charge on any atom is 0.356 e. The molecule has 1 atom stereocenters. The molecule has 0 aliphatic carbocycles. The van der Waals surface area contributed by atoms with Gasteiger partial charge in [0.1, 0.15) is 0 Å². The highest BCUT2D eigenvalue weighted by Gasteiger charge is 2.20. The number of rotatable bonds is 6. The Kier molecular flexibility index (Phi) is 5.19. The summed E-state index contributed by atoms with van der Waals surface area (Å²) < 4.78 is 4.51. The lowest BCUT2D eigenvalue weighted by atomic mass is 10.2. The lowest BCUT2D eigenvalue weighted by Gasteiger charge is -2.13. The zero-order valence-electron chi connectivity index (χ0n) is 10.6. The number of aliphatic hydroxyl groups is 1. The van der Waals surface area contributed by atoms with E-state index in [4.69, 9.17) is 5.11 Å². The van der Waals surface area contributed by atoms with E-state index in [0.717, 1.165) is 0 Å². The summed E-state index contributed by atoms with van der Waals surface area (Å²) in [5.41, 5.74) is -0.260. The fraction of sp³-hybridized carbons (Fsp3) is 0.455. The lowest BCUT2D eigenvalue weighted by Crippen LogP contribution is -2.19. The van der Waals surface area contributed by atoms with Crippen LogP contribution in [0.4, 0.5) is 11.5 Å². The van der Waals surface area contributed by atoms with Crippen molar-refractivity contribution in [2.75, 3.05) is 19.0 Å². The molecule has 104 valence electrons. The number of ether oxygens (including phenoxy) is 1. The molecular weight excluding hydrogens is 254 g/mol. The molecule has 0 saturated heterocycles. The van der Waals surface area contributed by atoms with Crippen molar-refractivity contribution < 1.29 is 19.6 Å². The third kappa shape index (κ3) is 3.88. The normalized spacial score (nSPS) is 11.7. The first-order valence-corrected chi connectivity index (χ1v) is 5.60. The highest BCUT2D eigenvalue weighted by Crippen LogP contribution is 2.23. The summed E-state index contributed by atoms with van der Waals surface area (Å²) in [7, 11) is 1.20. The summed E-state index contributed by atoms with van der Waals surface area (Å²) >= 11 is 0. The first-order chi connectivity index (χ1) is 8.99. The minimum Gasteiger partial charge on any atom is -0.464 e. The van der Waals surface area contributed by atoms with Crippen LogP contribution in [0, 0.1) is 10.1 Å². The van der Waals surface area contributed by atoms with E-state index in [1.54, 1.807) is 6.92 Å². The Balaban J connectivity index is 3.08. The zero-order chi connectivity index (χ0) is 14.4. The number of methoxy groups -OCH3 is 1. The van der Waals surface area contributed by atoms with Gasteiger partial charge in [0.2, 0.25) is 5.82 Å². The predicted octanol–water partition coefficient (Wildman–Crippen LogP) is 0.959. The van der Waals surface area contributed by atoms with E-state index in [-0.39, 0.29) is 29.8 Å². The van der Waals surface area contributed by atoms with Crippen LogP contribution in [0.3, 0.4) is 0 Å². The van der Waals surface area contributed by atoms with E-state index in [1.807, 2.05) is 0 Å². The standard InChI is InChI=1S/C11H15N3O5/c1-7(5-6-15)12-10-9(14(17)18)4-3-8(13-10)11(16)19-2/h3-4,7,15H,5-6H2,1-2H3,(H,12,13). The number of carbonyl (C=O) groups is 1. The molecule has 1 rings (SSSR count). The fourth-order valence-corrected chi connectivity index (χ4v) is 1.42. The molecular formula is C11H15N3O5. The van der Waals surface area contributed by atoms with Crippen LogP contribution < -0.4 is 5.32 Å². The van der Waals surface area contributed by atoms with E-state index in [1.165, 1.54) is 19.2 Å². The minimum atomic E-state index is -0.673. The van der Waals surface area contributed by atoms with Gasteiger partial charge in [-0.2, -0.15) is 0 Å². The second-order valence-corrected chi connectivity index (χ2v) is 3.87. The Morgan fingerprint density at radius 2 is 2.32 bits per heavy atom. The average molecular weight is 269 g/mol. The summed E-state index contributed by atoms with van der Waals surface area (Å²) in [6.07, 6.45) is 0.404. The summed E-state index contributed by atoms with van der Waals surface area (Å²) in [5.74, 6) is -0.693. The number of nitrogens with zero attached hydrogens (tertiary/aromatic N) is 2. The molecule has 1 aromatic heterocycles. The molecule has 1 aromatic rings. The average Bonchev–Trinajstić information content (AvgIpc) is 2.37. The molecule has 1 heterocycles. The van der Waals surface area contributed by atoms with Crippen molar-refractivity contribution in [2.45, 2.75) is 19.4 Å². The Bertz CT molecular complexity index is 477. The van der Waals surface area contributed by atoms with Crippen molar-refractivity contribution in [1.29, 1.82) is 0 Å². The number of esters is 1. The molecule has 0 radical (unpaired) electrons. The largest absolute Gasteiger partial charge is 0.464 e. The number of hydrogen-bond acceptors (Lipinski definition) is 7. The summed E-state index contributed by atoms with van der Waals surface area (Å²) in [4.78, 5) is 25.5. The van der Waals surface area contributed by atoms with Crippen molar-refractivity contribution in [2.24, 2.45) is 0 Å². The molecule has 0 bridgehead atoms. The van der Waals surface area contributed by atoms with Gasteiger partial charge in [0.05, 0.1) is 12.0 Å². The Hall–Kier alpha value is -2.22. The summed E-state index contributed by atoms with van der Waals surface area (Å²) in [6.45, 7) is 1.69. The van der Waals surface area contributed by atoms with E-state index in [9.17, 15) is 14.9 Å². The molecule has 0 aromatic carbocycles. The van der Waals surface area contributed by atoms with Crippen LogP contribution in [-0.4, -0.2) is 40.7 Å². The van der Waals surface area contributed by atoms with Crippen LogP contribution in [0.25, 0.3) is 0 Å². The Morgan fingerprint density at radius 1 is 1.63 bits per heavy atom. The summed E-state index contributed by atoms with van der Waals surface area (Å²) in [6, 6.07) is 2.20. The lowest BCUT2D eigenvalue weighted by molar-refractivity contribution is -0.384. The van der Waals surface area contributed by atoms with Gasteiger partial charge in [0.15, 0.2) is 5.69 Å². The SMILES string of the molecule is COC(=O)c1ccc([N+](=O)[O-])c(NC(C)CCO)n1. The smallest absolute Gasteiger partial charge is 0.356 e. The third-order valence-electron chi connectivity index (χ3n) is 2.41. The Labute approximate surface area is 109 Å². The van der Waals surface area contributed by atoms with Crippen LogP contribution in [-0.2, 0) is 4.74 Å². The molecule has 2 N–H and O–H groups in total. The highest BCUT2D eigenvalue weighted by molar-refractivity contribution is 5.88. The second-order valence-electron chi connectivity index (χ2n) is 3.87. The van der Waals surface area contributed by atoms with Crippen molar-refractivity contribution in [3.63, 3.8) is 0 Å². The molecule has 8 heteroatoms.